The minimum absolute atomic E-state index is 0.182. The van der Waals surface area contributed by atoms with Gasteiger partial charge >= 0.3 is 0 Å². The molecule has 1 saturated heterocycles. The minimum atomic E-state index is -0.337. The molecular weight excluding hydrogens is 421 g/mol. The summed E-state index contributed by atoms with van der Waals surface area (Å²) in [4.78, 5) is 16.1. The second-order valence-corrected chi connectivity index (χ2v) is 8.49. The fourth-order valence-electron chi connectivity index (χ4n) is 3.84. The second-order valence-electron chi connectivity index (χ2n) is 7.68. The van der Waals surface area contributed by atoms with Crippen LogP contribution in [0.4, 0.5) is 0 Å². The van der Waals surface area contributed by atoms with Crippen LogP contribution in [-0.2, 0) is 4.74 Å². The summed E-state index contributed by atoms with van der Waals surface area (Å²) in [6.45, 7) is 3.12. The molecule has 3 N–H and O–H groups in total. The van der Waals surface area contributed by atoms with E-state index in [1.807, 2.05) is 30.3 Å². The number of fused-ring (bicyclic) bond motifs is 1. The molecule has 1 aromatic heterocycles. The van der Waals surface area contributed by atoms with Crippen LogP contribution in [0.2, 0.25) is 10.0 Å². The number of carbonyl (C=O) groups excluding carboxylic acids is 1. The number of rotatable bonds is 7. The highest BCUT2D eigenvalue weighted by Gasteiger charge is 2.20. The van der Waals surface area contributed by atoms with Crippen LogP contribution < -0.4 is 10.6 Å². The van der Waals surface area contributed by atoms with E-state index in [0.29, 0.717) is 34.7 Å². The number of hydrogen-bond acceptors (Lipinski definition) is 3. The van der Waals surface area contributed by atoms with Crippen LogP contribution in [-0.4, -0.2) is 37.2 Å². The van der Waals surface area contributed by atoms with Gasteiger partial charge in [-0.3, -0.25) is 4.79 Å². The SMILES string of the molecule is O=C(NC(COCC1CCNCC1)c1ccccc1Cl)c1ccc2c(Cl)c[nH]c2c1. The summed E-state index contributed by atoms with van der Waals surface area (Å²) in [6, 6.07) is 12.6. The lowest BCUT2D eigenvalue weighted by atomic mass is 9.99. The van der Waals surface area contributed by atoms with Crippen LogP contribution in [0.1, 0.15) is 34.8 Å². The topological polar surface area (TPSA) is 66.2 Å². The minimum Gasteiger partial charge on any atom is -0.379 e. The van der Waals surface area contributed by atoms with Crippen LogP contribution in [0, 0.1) is 5.92 Å². The Bertz CT molecular complexity index is 1010. The average molecular weight is 446 g/mol. The van der Waals surface area contributed by atoms with E-state index in [4.69, 9.17) is 27.9 Å². The fraction of sp³-hybridized carbons (Fsp3) is 0.348. The van der Waals surface area contributed by atoms with Crippen LogP contribution in [0.25, 0.3) is 10.9 Å². The molecule has 2 aromatic carbocycles. The molecule has 0 spiro atoms. The van der Waals surface area contributed by atoms with Gasteiger partial charge < -0.3 is 20.4 Å². The molecule has 1 aliphatic rings. The van der Waals surface area contributed by atoms with Gasteiger partial charge in [0.1, 0.15) is 0 Å². The maximum atomic E-state index is 13.0. The van der Waals surface area contributed by atoms with Gasteiger partial charge in [0.05, 0.1) is 17.7 Å². The number of hydrogen-bond donors (Lipinski definition) is 3. The van der Waals surface area contributed by atoms with E-state index >= 15 is 0 Å². The van der Waals surface area contributed by atoms with E-state index in [2.05, 4.69) is 15.6 Å². The van der Waals surface area contributed by atoms with Crippen molar-refractivity contribution in [1.82, 2.24) is 15.6 Å². The first-order valence-corrected chi connectivity index (χ1v) is 11.0. The van der Waals surface area contributed by atoms with Gasteiger partial charge in [0.2, 0.25) is 0 Å². The Morgan fingerprint density at radius 3 is 2.73 bits per heavy atom. The van der Waals surface area contributed by atoms with Gasteiger partial charge in [0, 0.05) is 34.3 Å². The normalized spacial score (nSPS) is 15.9. The monoisotopic (exact) mass is 445 g/mol. The van der Waals surface area contributed by atoms with Crippen molar-refractivity contribution in [2.75, 3.05) is 26.3 Å². The van der Waals surface area contributed by atoms with Gasteiger partial charge in [-0.1, -0.05) is 47.5 Å². The summed E-state index contributed by atoms with van der Waals surface area (Å²) in [5, 5.41) is 8.59. The van der Waals surface area contributed by atoms with Gasteiger partial charge in [-0.2, -0.15) is 0 Å². The van der Waals surface area contributed by atoms with Gasteiger partial charge in [-0.05, 0) is 55.6 Å². The number of H-pyrrole nitrogens is 1. The van der Waals surface area contributed by atoms with Crippen LogP contribution >= 0.6 is 23.2 Å². The molecule has 1 aliphatic heterocycles. The zero-order valence-electron chi connectivity index (χ0n) is 16.6. The average Bonchev–Trinajstić information content (AvgIpc) is 3.14. The summed E-state index contributed by atoms with van der Waals surface area (Å²) in [7, 11) is 0. The molecule has 7 heteroatoms. The van der Waals surface area contributed by atoms with Crippen molar-refractivity contribution in [3.05, 3.63) is 69.8 Å². The van der Waals surface area contributed by atoms with E-state index < -0.39 is 0 Å². The first-order valence-electron chi connectivity index (χ1n) is 10.2. The molecule has 1 unspecified atom stereocenters. The van der Waals surface area contributed by atoms with Crippen molar-refractivity contribution in [1.29, 1.82) is 0 Å². The Morgan fingerprint density at radius 2 is 1.93 bits per heavy atom. The van der Waals surface area contributed by atoms with Gasteiger partial charge in [0.25, 0.3) is 5.91 Å². The van der Waals surface area contributed by atoms with Gasteiger partial charge in [0.15, 0.2) is 0 Å². The van der Waals surface area contributed by atoms with Gasteiger partial charge in [-0.25, -0.2) is 0 Å². The first-order chi connectivity index (χ1) is 14.6. The number of aromatic nitrogens is 1. The molecule has 3 aromatic rings. The van der Waals surface area contributed by atoms with Crippen LogP contribution in [0.3, 0.4) is 0 Å². The third-order valence-corrected chi connectivity index (χ3v) is 6.23. The highest BCUT2D eigenvalue weighted by Crippen LogP contribution is 2.26. The summed E-state index contributed by atoms with van der Waals surface area (Å²) in [5.41, 5.74) is 2.22. The number of aromatic amines is 1. The lowest BCUT2D eigenvalue weighted by molar-refractivity contribution is 0.0656. The number of benzene rings is 2. The number of carbonyl (C=O) groups is 1. The van der Waals surface area contributed by atoms with E-state index in [-0.39, 0.29) is 11.9 Å². The van der Waals surface area contributed by atoms with Crippen LogP contribution in [0.5, 0.6) is 0 Å². The Kier molecular flexibility index (Phi) is 6.95. The number of halogens is 2. The van der Waals surface area contributed by atoms with Crippen LogP contribution in [0.15, 0.2) is 48.7 Å². The number of amides is 1. The maximum Gasteiger partial charge on any atom is 0.251 e. The summed E-state index contributed by atoms with van der Waals surface area (Å²) in [5.74, 6) is 0.367. The van der Waals surface area contributed by atoms with Crippen molar-refractivity contribution >= 4 is 40.0 Å². The van der Waals surface area contributed by atoms with Crippen molar-refractivity contribution in [3.8, 4) is 0 Å². The fourth-order valence-corrected chi connectivity index (χ4v) is 4.33. The molecule has 1 atom stereocenters. The first kappa shape index (κ1) is 21.2. The van der Waals surface area contributed by atoms with Crippen molar-refractivity contribution in [2.45, 2.75) is 18.9 Å². The molecule has 0 aliphatic carbocycles. The quantitative estimate of drug-likeness (QED) is 0.481. The molecule has 0 radical (unpaired) electrons. The predicted octanol–water partition coefficient (Wildman–Crippen LogP) is 4.96. The highest BCUT2D eigenvalue weighted by molar-refractivity contribution is 6.35. The molecule has 1 amide bonds. The van der Waals surface area contributed by atoms with Crippen molar-refractivity contribution in [2.24, 2.45) is 5.92 Å². The largest absolute Gasteiger partial charge is 0.379 e. The predicted molar refractivity (Wildman–Crippen MR) is 121 cm³/mol. The lowest BCUT2D eigenvalue weighted by Gasteiger charge is -2.25. The zero-order chi connectivity index (χ0) is 20.9. The molecule has 0 bridgehead atoms. The molecule has 30 heavy (non-hydrogen) atoms. The molecule has 0 saturated carbocycles. The van der Waals surface area contributed by atoms with E-state index in [0.717, 1.165) is 42.4 Å². The lowest BCUT2D eigenvalue weighted by Crippen LogP contribution is -2.33. The molecule has 4 rings (SSSR count). The Hall–Kier alpha value is -2.05. The van der Waals surface area contributed by atoms with Crippen molar-refractivity contribution < 1.29 is 9.53 Å². The third-order valence-electron chi connectivity index (χ3n) is 5.58. The summed E-state index contributed by atoms with van der Waals surface area (Å²) in [6.07, 6.45) is 3.94. The Labute approximate surface area is 186 Å². The molecule has 5 nitrogen and oxygen atoms in total. The smallest absolute Gasteiger partial charge is 0.251 e. The zero-order valence-corrected chi connectivity index (χ0v) is 18.1. The van der Waals surface area contributed by atoms with E-state index in [1.54, 1.807) is 18.3 Å². The maximum absolute atomic E-state index is 13.0. The Morgan fingerprint density at radius 1 is 1.13 bits per heavy atom. The highest BCUT2D eigenvalue weighted by atomic mass is 35.5. The number of ether oxygens (including phenoxy) is 1. The summed E-state index contributed by atoms with van der Waals surface area (Å²) < 4.78 is 6.03. The molecular formula is C23H25Cl2N3O2. The molecule has 1 fully saturated rings. The van der Waals surface area contributed by atoms with Crippen molar-refractivity contribution in [3.63, 3.8) is 0 Å². The number of piperidine rings is 1. The third kappa shape index (κ3) is 4.98. The second kappa shape index (κ2) is 9.84. The van der Waals surface area contributed by atoms with Gasteiger partial charge in [-0.15, -0.1) is 0 Å². The molecule has 2 heterocycles. The summed E-state index contributed by atoms with van der Waals surface area (Å²) >= 11 is 12.6. The Balaban J connectivity index is 1.47. The van der Waals surface area contributed by atoms with E-state index in [9.17, 15) is 4.79 Å². The van der Waals surface area contributed by atoms with E-state index in [1.165, 1.54) is 0 Å². The molecule has 158 valence electrons. The number of nitrogens with one attached hydrogen (secondary N) is 3. The standard InChI is InChI=1S/C23H25Cl2N3O2/c24-19-4-2-1-3-17(19)22(14-30-13-15-7-9-26-10-8-15)28-23(29)16-5-6-18-20(25)12-27-21(18)11-16/h1-6,11-12,15,22,26-27H,7-10,13-14H2,(H,28,29).